The van der Waals surface area contributed by atoms with Crippen LogP contribution in [0.5, 0.6) is 5.75 Å². The van der Waals surface area contributed by atoms with Crippen LogP contribution in [-0.4, -0.2) is 41.0 Å². The minimum absolute atomic E-state index is 0.0179. The summed E-state index contributed by atoms with van der Waals surface area (Å²) in [5, 5.41) is 9.40. The smallest absolute Gasteiger partial charge is 0.448 e. The molecule has 0 bridgehead atoms. The molecule has 122 valence electrons. The summed E-state index contributed by atoms with van der Waals surface area (Å²) in [7, 11) is 0. The maximum absolute atomic E-state index is 14.0. The second kappa shape index (κ2) is 5.42. The number of ether oxygens (including phenoxy) is 1. The second-order valence-electron chi connectivity index (χ2n) is 5.35. The number of nitrogens with zero attached hydrogens (tertiary/aromatic N) is 1. The van der Waals surface area contributed by atoms with E-state index in [4.69, 9.17) is 4.74 Å². The number of alkyl halides is 3. The van der Waals surface area contributed by atoms with Gasteiger partial charge in [0.05, 0.1) is 0 Å². The van der Waals surface area contributed by atoms with Gasteiger partial charge < -0.3 is 9.84 Å². The number of hydrogen-bond acceptors (Lipinski definition) is 3. The van der Waals surface area contributed by atoms with Crippen molar-refractivity contribution in [2.45, 2.75) is 18.3 Å². The Morgan fingerprint density at radius 1 is 1.26 bits per heavy atom. The molecule has 0 saturated carbocycles. The van der Waals surface area contributed by atoms with Crippen LogP contribution in [0.25, 0.3) is 6.08 Å². The Labute approximate surface area is 130 Å². The van der Waals surface area contributed by atoms with Gasteiger partial charge in [-0.3, -0.25) is 0 Å². The zero-order valence-electron chi connectivity index (χ0n) is 12.0. The second-order valence-corrected chi connectivity index (χ2v) is 5.35. The van der Waals surface area contributed by atoms with Gasteiger partial charge in [0.1, 0.15) is 11.3 Å². The molecule has 0 amide bonds. The Morgan fingerprint density at radius 2 is 2.00 bits per heavy atom. The number of carboxylic acids is 1. The van der Waals surface area contributed by atoms with E-state index in [1.165, 1.54) is 12.1 Å². The summed E-state index contributed by atoms with van der Waals surface area (Å²) in [6.45, 7) is 0.0229. The van der Waals surface area contributed by atoms with E-state index in [0.29, 0.717) is 12.0 Å². The van der Waals surface area contributed by atoms with Crippen LogP contribution >= 0.6 is 0 Å². The SMILES string of the molecule is O=C(O)C1=Cc2ccccc2OC1(N1CC=CCC1)C(F)(F)F. The van der Waals surface area contributed by atoms with Gasteiger partial charge in [0.25, 0.3) is 5.72 Å². The van der Waals surface area contributed by atoms with E-state index in [1.807, 2.05) is 0 Å². The summed E-state index contributed by atoms with van der Waals surface area (Å²) in [5.41, 5.74) is -3.49. The first kappa shape index (κ1) is 15.6. The molecule has 1 atom stereocenters. The van der Waals surface area contributed by atoms with Crippen molar-refractivity contribution in [2.24, 2.45) is 0 Å². The van der Waals surface area contributed by atoms with Crippen LogP contribution in [0.3, 0.4) is 0 Å². The number of carbonyl (C=O) groups is 1. The minimum atomic E-state index is -4.91. The average molecular weight is 325 g/mol. The largest absolute Gasteiger partial charge is 0.478 e. The number of fused-ring (bicyclic) bond motifs is 1. The summed E-state index contributed by atoms with van der Waals surface area (Å²) in [5.74, 6) is -1.63. The van der Waals surface area contributed by atoms with Crippen molar-refractivity contribution in [3.05, 3.63) is 47.6 Å². The lowest BCUT2D eigenvalue weighted by Crippen LogP contribution is -2.66. The highest BCUT2D eigenvalue weighted by atomic mass is 19.4. The molecule has 2 aliphatic heterocycles. The molecular formula is C16H14F3NO3. The minimum Gasteiger partial charge on any atom is -0.478 e. The zero-order valence-corrected chi connectivity index (χ0v) is 12.0. The highest BCUT2D eigenvalue weighted by Crippen LogP contribution is 2.47. The number of para-hydroxylation sites is 1. The van der Waals surface area contributed by atoms with Gasteiger partial charge in [0.2, 0.25) is 0 Å². The first-order valence-corrected chi connectivity index (χ1v) is 7.06. The van der Waals surface area contributed by atoms with Gasteiger partial charge in [-0.05, 0) is 18.6 Å². The Hall–Kier alpha value is -2.28. The molecule has 0 aliphatic carbocycles. The summed E-state index contributed by atoms with van der Waals surface area (Å²) < 4.78 is 47.3. The molecule has 2 heterocycles. The van der Waals surface area contributed by atoms with E-state index in [9.17, 15) is 23.1 Å². The van der Waals surface area contributed by atoms with E-state index in [0.717, 1.165) is 11.0 Å². The van der Waals surface area contributed by atoms with Gasteiger partial charge in [-0.1, -0.05) is 30.4 Å². The Morgan fingerprint density at radius 3 is 2.61 bits per heavy atom. The van der Waals surface area contributed by atoms with Gasteiger partial charge in [0.15, 0.2) is 0 Å². The molecule has 1 unspecified atom stereocenters. The lowest BCUT2D eigenvalue weighted by atomic mass is 9.92. The van der Waals surface area contributed by atoms with Crippen molar-refractivity contribution in [3.8, 4) is 5.75 Å². The molecule has 1 aromatic carbocycles. The summed E-state index contributed by atoms with van der Waals surface area (Å²) in [4.78, 5) is 12.6. The third-order valence-electron chi connectivity index (χ3n) is 3.96. The average Bonchev–Trinajstić information content (AvgIpc) is 2.53. The Balaban J connectivity index is 2.22. The fourth-order valence-electron chi connectivity index (χ4n) is 2.92. The third-order valence-corrected chi connectivity index (χ3v) is 3.96. The molecule has 2 aliphatic rings. The van der Waals surface area contributed by atoms with Crippen LogP contribution in [-0.2, 0) is 4.79 Å². The molecular weight excluding hydrogens is 311 g/mol. The van der Waals surface area contributed by atoms with E-state index >= 15 is 0 Å². The molecule has 7 heteroatoms. The van der Waals surface area contributed by atoms with Gasteiger partial charge in [0, 0.05) is 18.7 Å². The molecule has 4 nitrogen and oxygen atoms in total. The first-order chi connectivity index (χ1) is 10.9. The van der Waals surface area contributed by atoms with Crippen molar-refractivity contribution in [1.82, 2.24) is 4.90 Å². The van der Waals surface area contributed by atoms with Gasteiger partial charge in [-0.2, -0.15) is 13.2 Å². The van der Waals surface area contributed by atoms with Crippen LogP contribution in [0.4, 0.5) is 13.2 Å². The van der Waals surface area contributed by atoms with Crippen molar-refractivity contribution >= 4 is 12.0 Å². The highest BCUT2D eigenvalue weighted by molar-refractivity contribution is 5.96. The summed E-state index contributed by atoms with van der Waals surface area (Å²) >= 11 is 0. The first-order valence-electron chi connectivity index (χ1n) is 7.06. The van der Waals surface area contributed by atoms with Crippen LogP contribution in [0, 0.1) is 0 Å². The van der Waals surface area contributed by atoms with Crippen molar-refractivity contribution < 1.29 is 27.8 Å². The lowest BCUT2D eigenvalue weighted by Gasteiger charge is -2.46. The zero-order chi connectivity index (χ0) is 16.7. The van der Waals surface area contributed by atoms with E-state index in [1.54, 1.807) is 24.3 Å². The lowest BCUT2D eigenvalue weighted by molar-refractivity contribution is -0.285. The van der Waals surface area contributed by atoms with Crippen LogP contribution in [0.1, 0.15) is 12.0 Å². The predicted molar refractivity (Wildman–Crippen MR) is 76.8 cm³/mol. The topological polar surface area (TPSA) is 49.8 Å². The number of carboxylic acid groups (broad SMARTS) is 1. The number of rotatable bonds is 2. The van der Waals surface area contributed by atoms with Gasteiger partial charge in [-0.25, -0.2) is 9.69 Å². The molecule has 1 aromatic rings. The van der Waals surface area contributed by atoms with Gasteiger partial charge in [-0.15, -0.1) is 0 Å². The fraction of sp³-hybridized carbons (Fsp3) is 0.312. The van der Waals surface area contributed by atoms with Crippen molar-refractivity contribution in [2.75, 3.05) is 13.1 Å². The highest BCUT2D eigenvalue weighted by Gasteiger charge is 2.66. The molecule has 23 heavy (non-hydrogen) atoms. The maximum atomic E-state index is 14.0. The van der Waals surface area contributed by atoms with E-state index in [-0.39, 0.29) is 18.8 Å². The predicted octanol–water partition coefficient (Wildman–Crippen LogP) is 3.07. The molecule has 0 aromatic heterocycles. The molecule has 0 spiro atoms. The van der Waals surface area contributed by atoms with E-state index < -0.39 is 23.4 Å². The monoisotopic (exact) mass is 325 g/mol. The van der Waals surface area contributed by atoms with Crippen LogP contribution in [0.2, 0.25) is 0 Å². The number of aliphatic carboxylic acids is 1. The number of halogens is 3. The molecule has 0 radical (unpaired) electrons. The summed E-state index contributed by atoms with van der Waals surface area (Å²) in [6.07, 6.45) is -0.111. The molecule has 1 N–H and O–H groups in total. The molecule has 0 fully saturated rings. The molecule has 3 rings (SSSR count). The summed E-state index contributed by atoms with van der Waals surface area (Å²) in [6, 6.07) is 6.09. The van der Waals surface area contributed by atoms with Crippen LogP contribution < -0.4 is 4.74 Å². The van der Waals surface area contributed by atoms with Crippen molar-refractivity contribution in [1.29, 1.82) is 0 Å². The fourth-order valence-corrected chi connectivity index (χ4v) is 2.92. The maximum Gasteiger partial charge on any atom is 0.448 e. The third kappa shape index (κ3) is 2.41. The normalized spacial score (nSPS) is 24.6. The standard InChI is InChI=1S/C16H14F3NO3/c17-16(18,19)15(20-8-4-1-5-9-20)12(14(21)22)10-11-6-2-3-7-13(11)23-15/h1-4,6-7,10H,5,8-9H2,(H,21,22). The van der Waals surface area contributed by atoms with Gasteiger partial charge >= 0.3 is 12.1 Å². The van der Waals surface area contributed by atoms with Crippen molar-refractivity contribution in [3.63, 3.8) is 0 Å². The number of hydrogen-bond donors (Lipinski definition) is 1. The van der Waals surface area contributed by atoms with Crippen LogP contribution in [0.15, 0.2) is 42.0 Å². The van der Waals surface area contributed by atoms with E-state index in [2.05, 4.69) is 0 Å². The molecule has 0 saturated heterocycles. The quantitative estimate of drug-likeness (QED) is 0.849. The Kier molecular flexibility index (Phi) is 3.68. The Bertz CT molecular complexity index is 696. The number of benzene rings is 1.